The number of anilines is 1. The normalized spacial score (nSPS) is 10.4. The van der Waals surface area contributed by atoms with Gasteiger partial charge >= 0.3 is 0 Å². The Morgan fingerprint density at radius 1 is 1.05 bits per heavy atom. The minimum Gasteiger partial charge on any atom is -0.381 e. The maximum Gasteiger partial charge on any atom is 0.181 e. The number of benzene rings is 2. The molecular formula is C16H16N4. The molecule has 0 atom stereocenters. The Bertz CT molecular complexity index is 688. The van der Waals surface area contributed by atoms with Gasteiger partial charge in [0.05, 0.1) is 0 Å². The number of aromatic amines is 1. The minimum atomic E-state index is 0.728. The molecule has 0 spiro atoms. The van der Waals surface area contributed by atoms with Crippen molar-refractivity contribution in [2.24, 2.45) is 0 Å². The van der Waals surface area contributed by atoms with Gasteiger partial charge in [-0.05, 0) is 24.6 Å². The number of aryl methyl sites for hydroxylation is 1. The van der Waals surface area contributed by atoms with Crippen molar-refractivity contribution in [1.82, 2.24) is 15.2 Å². The molecule has 0 saturated carbocycles. The molecule has 1 heterocycles. The molecule has 100 valence electrons. The molecule has 1 aromatic heterocycles. The van der Waals surface area contributed by atoms with Crippen molar-refractivity contribution < 1.29 is 0 Å². The Labute approximate surface area is 117 Å². The van der Waals surface area contributed by atoms with Crippen molar-refractivity contribution in [2.45, 2.75) is 13.5 Å². The van der Waals surface area contributed by atoms with E-state index in [2.05, 4.69) is 38.7 Å². The summed E-state index contributed by atoms with van der Waals surface area (Å²) in [5, 5.41) is 10.5. The van der Waals surface area contributed by atoms with Crippen LogP contribution in [0.5, 0.6) is 0 Å². The maximum atomic E-state index is 4.35. The van der Waals surface area contributed by atoms with Gasteiger partial charge < -0.3 is 5.32 Å². The Balaban J connectivity index is 1.75. The van der Waals surface area contributed by atoms with Crippen LogP contribution >= 0.6 is 0 Å². The zero-order chi connectivity index (χ0) is 13.8. The first-order valence-corrected chi connectivity index (χ1v) is 6.58. The summed E-state index contributed by atoms with van der Waals surface area (Å²) < 4.78 is 0. The van der Waals surface area contributed by atoms with Gasteiger partial charge in [0.15, 0.2) is 5.82 Å². The van der Waals surface area contributed by atoms with E-state index in [4.69, 9.17) is 0 Å². The van der Waals surface area contributed by atoms with Crippen LogP contribution < -0.4 is 5.32 Å². The van der Waals surface area contributed by atoms with Gasteiger partial charge in [0.2, 0.25) is 0 Å². The highest BCUT2D eigenvalue weighted by Crippen LogP contribution is 2.19. The molecular weight excluding hydrogens is 248 g/mol. The Morgan fingerprint density at radius 3 is 2.65 bits per heavy atom. The van der Waals surface area contributed by atoms with E-state index in [0.717, 1.165) is 29.4 Å². The lowest BCUT2D eigenvalue weighted by molar-refractivity contribution is 1.04. The average Bonchev–Trinajstić information content (AvgIpc) is 2.93. The summed E-state index contributed by atoms with van der Waals surface area (Å²) in [6.07, 6.45) is 0. The summed E-state index contributed by atoms with van der Waals surface area (Å²) in [5.41, 5.74) is 3.33. The van der Waals surface area contributed by atoms with Gasteiger partial charge in [-0.15, -0.1) is 0 Å². The van der Waals surface area contributed by atoms with Gasteiger partial charge in [-0.2, -0.15) is 5.10 Å². The number of nitrogens with one attached hydrogen (secondary N) is 2. The lowest BCUT2D eigenvalue weighted by Crippen LogP contribution is -1.99. The summed E-state index contributed by atoms with van der Waals surface area (Å²) in [6, 6.07) is 18.5. The third-order valence-electron chi connectivity index (χ3n) is 3.06. The molecule has 0 bridgehead atoms. The zero-order valence-electron chi connectivity index (χ0n) is 11.3. The Hall–Kier alpha value is -2.62. The number of nitrogens with zero attached hydrogens (tertiary/aromatic N) is 2. The number of hydrogen-bond donors (Lipinski definition) is 2. The second-order valence-corrected chi connectivity index (χ2v) is 4.66. The molecule has 0 aliphatic rings. The molecule has 2 aromatic carbocycles. The summed E-state index contributed by atoms with van der Waals surface area (Å²) >= 11 is 0. The maximum absolute atomic E-state index is 4.35. The fourth-order valence-corrected chi connectivity index (χ4v) is 2.04. The molecule has 2 N–H and O–H groups in total. The van der Waals surface area contributed by atoms with E-state index < -0.39 is 0 Å². The largest absolute Gasteiger partial charge is 0.381 e. The van der Waals surface area contributed by atoms with E-state index in [0.29, 0.717) is 0 Å². The van der Waals surface area contributed by atoms with Crippen LogP contribution in [-0.2, 0) is 6.54 Å². The van der Waals surface area contributed by atoms with Crippen molar-refractivity contribution in [3.8, 4) is 11.4 Å². The predicted octanol–water partition coefficient (Wildman–Crippen LogP) is 3.39. The van der Waals surface area contributed by atoms with Gasteiger partial charge in [-0.1, -0.05) is 42.5 Å². The quantitative estimate of drug-likeness (QED) is 0.759. The van der Waals surface area contributed by atoms with E-state index in [-0.39, 0.29) is 0 Å². The van der Waals surface area contributed by atoms with Crippen molar-refractivity contribution in [3.05, 3.63) is 66.0 Å². The van der Waals surface area contributed by atoms with Gasteiger partial charge in [-0.25, -0.2) is 4.98 Å². The van der Waals surface area contributed by atoms with Crippen LogP contribution in [0.2, 0.25) is 0 Å². The molecule has 0 aliphatic carbocycles. The predicted molar refractivity (Wildman–Crippen MR) is 80.3 cm³/mol. The van der Waals surface area contributed by atoms with Crippen molar-refractivity contribution in [2.75, 3.05) is 5.32 Å². The van der Waals surface area contributed by atoms with E-state index >= 15 is 0 Å². The number of H-pyrrole nitrogens is 1. The van der Waals surface area contributed by atoms with Gasteiger partial charge in [0.25, 0.3) is 0 Å². The van der Waals surface area contributed by atoms with Gasteiger partial charge in [-0.3, -0.25) is 5.10 Å². The highest BCUT2D eigenvalue weighted by molar-refractivity contribution is 5.62. The highest BCUT2D eigenvalue weighted by atomic mass is 15.2. The molecule has 4 heteroatoms. The Morgan fingerprint density at radius 2 is 1.90 bits per heavy atom. The van der Waals surface area contributed by atoms with Crippen LogP contribution in [0.25, 0.3) is 11.4 Å². The smallest absolute Gasteiger partial charge is 0.181 e. The lowest BCUT2D eigenvalue weighted by Gasteiger charge is -2.07. The van der Waals surface area contributed by atoms with Crippen LogP contribution in [-0.4, -0.2) is 15.2 Å². The third-order valence-corrected chi connectivity index (χ3v) is 3.06. The fourth-order valence-electron chi connectivity index (χ4n) is 2.04. The third kappa shape index (κ3) is 2.85. The summed E-state index contributed by atoms with van der Waals surface area (Å²) in [6.45, 7) is 2.70. The summed E-state index contributed by atoms with van der Waals surface area (Å²) in [4.78, 5) is 4.35. The monoisotopic (exact) mass is 264 g/mol. The second-order valence-electron chi connectivity index (χ2n) is 4.66. The van der Waals surface area contributed by atoms with Crippen molar-refractivity contribution >= 4 is 5.69 Å². The number of aromatic nitrogens is 3. The standard InChI is InChI=1S/C16H16N4/c1-12-18-16(20-19-12)14-8-5-9-15(10-14)17-11-13-6-3-2-4-7-13/h2-10,17H,11H2,1H3,(H,18,19,20). The first kappa shape index (κ1) is 12.4. The number of rotatable bonds is 4. The lowest BCUT2D eigenvalue weighted by atomic mass is 10.1. The molecule has 3 rings (SSSR count). The molecule has 0 amide bonds. The molecule has 0 saturated heterocycles. The van der Waals surface area contributed by atoms with E-state index in [1.54, 1.807) is 0 Å². The van der Waals surface area contributed by atoms with E-state index in [1.165, 1.54) is 5.56 Å². The molecule has 0 radical (unpaired) electrons. The van der Waals surface area contributed by atoms with E-state index in [1.807, 2.05) is 43.3 Å². The Kier molecular flexibility index (Phi) is 3.46. The summed E-state index contributed by atoms with van der Waals surface area (Å²) in [7, 11) is 0. The van der Waals surface area contributed by atoms with Crippen LogP contribution in [0.15, 0.2) is 54.6 Å². The van der Waals surface area contributed by atoms with Crippen molar-refractivity contribution in [1.29, 1.82) is 0 Å². The van der Waals surface area contributed by atoms with Crippen LogP contribution in [0.1, 0.15) is 11.4 Å². The molecule has 4 nitrogen and oxygen atoms in total. The zero-order valence-corrected chi connectivity index (χ0v) is 11.3. The summed E-state index contributed by atoms with van der Waals surface area (Å²) in [5.74, 6) is 1.55. The molecule has 0 fully saturated rings. The molecule has 0 unspecified atom stereocenters. The fraction of sp³-hybridized carbons (Fsp3) is 0.125. The molecule has 20 heavy (non-hydrogen) atoms. The van der Waals surface area contributed by atoms with Crippen LogP contribution in [0.4, 0.5) is 5.69 Å². The SMILES string of the molecule is Cc1nc(-c2cccc(NCc3ccccc3)c2)n[nH]1. The minimum absolute atomic E-state index is 0.728. The van der Waals surface area contributed by atoms with Crippen LogP contribution in [0.3, 0.4) is 0 Å². The molecule has 0 aliphatic heterocycles. The number of hydrogen-bond acceptors (Lipinski definition) is 3. The second kappa shape index (κ2) is 5.57. The first-order chi connectivity index (χ1) is 9.81. The first-order valence-electron chi connectivity index (χ1n) is 6.58. The van der Waals surface area contributed by atoms with Crippen LogP contribution in [0, 0.1) is 6.92 Å². The topological polar surface area (TPSA) is 53.6 Å². The van der Waals surface area contributed by atoms with Gasteiger partial charge in [0.1, 0.15) is 5.82 Å². The van der Waals surface area contributed by atoms with E-state index in [9.17, 15) is 0 Å². The van der Waals surface area contributed by atoms with Crippen molar-refractivity contribution in [3.63, 3.8) is 0 Å². The highest BCUT2D eigenvalue weighted by Gasteiger charge is 2.04. The molecule has 3 aromatic rings. The average molecular weight is 264 g/mol. The van der Waals surface area contributed by atoms with Gasteiger partial charge in [0, 0.05) is 17.8 Å².